The Kier molecular flexibility index (Phi) is 3.85. The minimum absolute atomic E-state index is 0.295. The summed E-state index contributed by atoms with van der Waals surface area (Å²) >= 11 is 0. The van der Waals surface area contributed by atoms with Crippen molar-refractivity contribution in [1.82, 2.24) is 5.32 Å². The first-order valence-electron chi connectivity index (χ1n) is 6.53. The zero-order valence-corrected chi connectivity index (χ0v) is 11.1. The molecule has 0 spiro atoms. The minimum atomic E-state index is 0.295. The van der Waals surface area contributed by atoms with Crippen LogP contribution in [-0.2, 0) is 11.3 Å². The smallest absolute Gasteiger partial charge is 0.0720 e. The van der Waals surface area contributed by atoms with Gasteiger partial charge in [0.15, 0.2) is 0 Å². The molecule has 2 nitrogen and oxygen atoms in total. The molecule has 1 aliphatic rings. The van der Waals surface area contributed by atoms with Crippen LogP contribution < -0.4 is 5.32 Å². The molecule has 0 aliphatic heterocycles. The lowest BCUT2D eigenvalue weighted by Gasteiger charge is -2.53. The van der Waals surface area contributed by atoms with Crippen LogP contribution in [0.15, 0.2) is 30.3 Å². The minimum Gasteiger partial charge on any atom is -0.373 e. The highest BCUT2D eigenvalue weighted by molar-refractivity contribution is 5.14. The summed E-state index contributed by atoms with van der Waals surface area (Å²) < 4.78 is 6.06. The summed E-state index contributed by atoms with van der Waals surface area (Å²) in [5, 5.41) is 3.39. The highest BCUT2D eigenvalue weighted by atomic mass is 16.5. The Morgan fingerprint density at radius 1 is 1.35 bits per heavy atom. The third-order valence-electron chi connectivity index (χ3n) is 4.39. The zero-order valence-electron chi connectivity index (χ0n) is 11.1. The second-order valence-corrected chi connectivity index (χ2v) is 5.22. The summed E-state index contributed by atoms with van der Waals surface area (Å²) in [4.78, 5) is 0. The largest absolute Gasteiger partial charge is 0.373 e. The highest BCUT2D eigenvalue weighted by Crippen LogP contribution is 2.45. The molecule has 17 heavy (non-hydrogen) atoms. The molecule has 1 aromatic carbocycles. The van der Waals surface area contributed by atoms with Gasteiger partial charge in [-0.05, 0) is 25.5 Å². The van der Waals surface area contributed by atoms with Gasteiger partial charge in [-0.1, -0.05) is 44.2 Å². The number of hydrogen-bond acceptors (Lipinski definition) is 2. The summed E-state index contributed by atoms with van der Waals surface area (Å²) in [6.07, 6.45) is 2.69. The Morgan fingerprint density at radius 3 is 2.65 bits per heavy atom. The molecule has 1 aromatic rings. The van der Waals surface area contributed by atoms with E-state index in [2.05, 4.69) is 43.4 Å². The van der Waals surface area contributed by atoms with E-state index in [0.717, 1.165) is 19.4 Å². The normalized spacial score (nSPS) is 32.2. The van der Waals surface area contributed by atoms with Crippen molar-refractivity contribution in [2.75, 3.05) is 7.05 Å². The maximum Gasteiger partial charge on any atom is 0.0720 e. The standard InChI is InChI=1S/C15H23NO/c1-4-15(2)13(16-3)10-14(15)17-11-12-8-6-5-7-9-12/h5-9,13-14,16H,4,10-11H2,1-3H3. The molecule has 1 fully saturated rings. The SMILES string of the molecule is CCC1(C)C(NC)CC1OCc1ccccc1. The van der Waals surface area contributed by atoms with Crippen LogP contribution in [0.2, 0.25) is 0 Å². The lowest BCUT2D eigenvalue weighted by molar-refractivity contribution is -0.134. The monoisotopic (exact) mass is 233 g/mol. The van der Waals surface area contributed by atoms with Crippen molar-refractivity contribution < 1.29 is 4.74 Å². The van der Waals surface area contributed by atoms with Crippen molar-refractivity contribution in [3.63, 3.8) is 0 Å². The van der Waals surface area contributed by atoms with E-state index in [0.29, 0.717) is 17.6 Å². The first-order chi connectivity index (χ1) is 8.20. The van der Waals surface area contributed by atoms with Gasteiger partial charge in [0.2, 0.25) is 0 Å². The van der Waals surface area contributed by atoms with Gasteiger partial charge in [0, 0.05) is 11.5 Å². The molecule has 1 N–H and O–H groups in total. The van der Waals surface area contributed by atoms with Crippen LogP contribution in [0.4, 0.5) is 0 Å². The molecule has 0 amide bonds. The van der Waals surface area contributed by atoms with Gasteiger partial charge in [-0.15, -0.1) is 0 Å². The van der Waals surface area contributed by atoms with Crippen LogP contribution in [-0.4, -0.2) is 19.2 Å². The number of hydrogen-bond donors (Lipinski definition) is 1. The number of nitrogens with one attached hydrogen (secondary N) is 1. The van der Waals surface area contributed by atoms with Gasteiger partial charge in [0.1, 0.15) is 0 Å². The van der Waals surface area contributed by atoms with Crippen LogP contribution >= 0.6 is 0 Å². The maximum atomic E-state index is 6.06. The lowest BCUT2D eigenvalue weighted by atomic mass is 9.61. The summed E-state index contributed by atoms with van der Waals surface area (Å²) in [5.74, 6) is 0. The van der Waals surface area contributed by atoms with Crippen LogP contribution in [0.25, 0.3) is 0 Å². The molecule has 0 saturated heterocycles. The second-order valence-electron chi connectivity index (χ2n) is 5.22. The molecule has 0 radical (unpaired) electrons. The van der Waals surface area contributed by atoms with Crippen LogP contribution in [0.5, 0.6) is 0 Å². The molecular weight excluding hydrogens is 210 g/mol. The molecule has 3 unspecified atom stereocenters. The van der Waals surface area contributed by atoms with E-state index in [1.54, 1.807) is 0 Å². The van der Waals surface area contributed by atoms with Crippen molar-refractivity contribution >= 4 is 0 Å². The van der Waals surface area contributed by atoms with E-state index in [9.17, 15) is 0 Å². The van der Waals surface area contributed by atoms with Crippen molar-refractivity contribution in [2.24, 2.45) is 5.41 Å². The number of rotatable bonds is 5. The van der Waals surface area contributed by atoms with Gasteiger partial charge in [0.05, 0.1) is 12.7 Å². The molecule has 0 bridgehead atoms. The Bertz CT molecular complexity index is 351. The Hall–Kier alpha value is -0.860. The van der Waals surface area contributed by atoms with Crippen LogP contribution in [0, 0.1) is 5.41 Å². The third kappa shape index (κ3) is 2.38. The summed E-state index contributed by atoms with van der Waals surface area (Å²) in [6.45, 7) is 5.31. The Labute approximate surface area is 104 Å². The van der Waals surface area contributed by atoms with Gasteiger partial charge < -0.3 is 10.1 Å². The van der Waals surface area contributed by atoms with Gasteiger partial charge >= 0.3 is 0 Å². The Morgan fingerprint density at radius 2 is 2.06 bits per heavy atom. The second kappa shape index (κ2) is 5.19. The van der Waals surface area contributed by atoms with Gasteiger partial charge in [0.25, 0.3) is 0 Å². The molecule has 2 heteroatoms. The van der Waals surface area contributed by atoms with Crippen molar-refractivity contribution in [3.05, 3.63) is 35.9 Å². The predicted molar refractivity (Wildman–Crippen MR) is 70.9 cm³/mol. The number of benzene rings is 1. The first kappa shape index (κ1) is 12.6. The van der Waals surface area contributed by atoms with Gasteiger partial charge in [-0.2, -0.15) is 0 Å². The molecule has 94 valence electrons. The molecular formula is C15H23NO. The van der Waals surface area contributed by atoms with E-state index < -0.39 is 0 Å². The molecule has 0 aromatic heterocycles. The van der Waals surface area contributed by atoms with E-state index in [4.69, 9.17) is 4.74 Å². The molecule has 1 aliphatic carbocycles. The fraction of sp³-hybridized carbons (Fsp3) is 0.600. The molecule has 3 atom stereocenters. The van der Waals surface area contributed by atoms with Crippen LogP contribution in [0.1, 0.15) is 32.3 Å². The molecule has 2 rings (SSSR count). The van der Waals surface area contributed by atoms with E-state index in [1.807, 2.05) is 13.1 Å². The van der Waals surface area contributed by atoms with E-state index in [1.165, 1.54) is 5.56 Å². The van der Waals surface area contributed by atoms with Gasteiger partial charge in [-0.3, -0.25) is 0 Å². The lowest BCUT2D eigenvalue weighted by Crippen LogP contribution is -2.61. The predicted octanol–water partition coefficient (Wildman–Crippen LogP) is 2.98. The quantitative estimate of drug-likeness (QED) is 0.844. The van der Waals surface area contributed by atoms with Crippen molar-refractivity contribution in [1.29, 1.82) is 0 Å². The number of ether oxygens (including phenoxy) is 1. The molecule has 0 heterocycles. The zero-order chi connectivity index (χ0) is 12.3. The van der Waals surface area contributed by atoms with E-state index >= 15 is 0 Å². The average molecular weight is 233 g/mol. The fourth-order valence-corrected chi connectivity index (χ4v) is 2.77. The van der Waals surface area contributed by atoms with Crippen molar-refractivity contribution in [2.45, 2.75) is 45.4 Å². The topological polar surface area (TPSA) is 21.3 Å². The van der Waals surface area contributed by atoms with Gasteiger partial charge in [-0.25, -0.2) is 0 Å². The summed E-state index contributed by atoms with van der Waals surface area (Å²) in [5.41, 5.74) is 1.56. The third-order valence-corrected chi connectivity index (χ3v) is 4.39. The fourth-order valence-electron chi connectivity index (χ4n) is 2.77. The average Bonchev–Trinajstić information content (AvgIpc) is 2.38. The first-order valence-corrected chi connectivity index (χ1v) is 6.53. The highest BCUT2D eigenvalue weighted by Gasteiger charge is 2.50. The summed E-state index contributed by atoms with van der Waals surface area (Å²) in [6, 6.07) is 11.0. The van der Waals surface area contributed by atoms with Crippen molar-refractivity contribution in [3.8, 4) is 0 Å². The molecule has 1 saturated carbocycles. The van der Waals surface area contributed by atoms with E-state index in [-0.39, 0.29) is 0 Å². The summed E-state index contributed by atoms with van der Waals surface area (Å²) in [7, 11) is 2.05. The maximum absolute atomic E-state index is 6.06. The Balaban J connectivity index is 1.89. The van der Waals surface area contributed by atoms with Crippen LogP contribution in [0.3, 0.4) is 0 Å².